The van der Waals surface area contributed by atoms with Crippen LogP contribution in [0.2, 0.25) is 0 Å². The van der Waals surface area contributed by atoms with Gasteiger partial charge in [-0.3, -0.25) is 9.52 Å². The summed E-state index contributed by atoms with van der Waals surface area (Å²) >= 11 is 0. The molecule has 2 aromatic carbocycles. The number of hydrogen-bond donors (Lipinski definition) is 2. The molecule has 2 N–H and O–H groups in total. The van der Waals surface area contributed by atoms with E-state index in [2.05, 4.69) is 10.0 Å². The number of ether oxygens (including phenoxy) is 2. The lowest BCUT2D eigenvalue weighted by Crippen LogP contribution is -2.18. The number of carbonyl (C=O) groups is 1. The number of benzene rings is 2. The van der Waals surface area contributed by atoms with Gasteiger partial charge in [-0.1, -0.05) is 0 Å². The van der Waals surface area contributed by atoms with E-state index in [1.54, 1.807) is 0 Å². The Morgan fingerprint density at radius 2 is 1.76 bits per heavy atom. The van der Waals surface area contributed by atoms with Gasteiger partial charge in [0.05, 0.1) is 16.3 Å². The van der Waals surface area contributed by atoms with Crippen molar-refractivity contribution in [2.45, 2.75) is 11.8 Å². The third-order valence-electron chi connectivity index (χ3n) is 3.36. The minimum Gasteiger partial charge on any atom is -0.486 e. The molecule has 0 saturated carbocycles. The van der Waals surface area contributed by atoms with Gasteiger partial charge in [0, 0.05) is 19.1 Å². The second-order valence-electron chi connectivity index (χ2n) is 5.28. The quantitative estimate of drug-likeness (QED) is 0.866. The molecule has 7 nitrogen and oxygen atoms in total. The fourth-order valence-electron chi connectivity index (χ4n) is 2.29. The minimum atomic E-state index is -4.03. The van der Waals surface area contributed by atoms with Crippen molar-refractivity contribution in [1.82, 2.24) is 0 Å². The Morgan fingerprint density at radius 1 is 1.04 bits per heavy atom. The van der Waals surface area contributed by atoms with Gasteiger partial charge >= 0.3 is 0 Å². The number of nitrogens with one attached hydrogen (secondary N) is 2. The zero-order valence-corrected chi connectivity index (χ0v) is 14.0. The molecule has 132 valence electrons. The van der Waals surface area contributed by atoms with Crippen molar-refractivity contribution in [2.75, 3.05) is 23.3 Å². The van der Waals surface area contributed by atoms with Gasteiger partial charge in [0.2, 0.25) is 5.91 Å². The smallest absolute Gasteiger partial charge is 0.262 e. The molecule has 1 amide bonds. The first kappa shape index (κ1) is 17.0. The molecule has 1 aliphatic rings. The Hall–Kier alpha value is -2.81. The molecule has 0 unspecified atom stereocenters. The van der Waals surface area contributed by atoms with Gasteiger partial charge in [-0.05, 0) is 24.3 Å². The van der Waals surface area contributed by atoms with Crippen molar-refractivity contribution < 1.29 is 27.1 Å². The topological polar surface area (TPSA) is 93.7 Å². The second kappa shape index (κ2) is 6.60. The van der Waals surface area contributed by atoms with Gasteiger partial charge < -0.3 is 14.8 Å². The highest BCUT2D eigenvalue weighted by atomic mass is 32.2. The van der Waals surface area contributed by atoms with Crippen molar-refractivity contribution in [3.05, 3.63) is 42.2 Å². The molecule has 0 aliphatic carbocycles. The predicted molar refractivity (Wildman–Crippen MR) is 88.9 cm³/mol. The molecular formula is C16H15FN2O5S. The average molecular weight is 366 g/mol. The summed E-state index contributed by atoms with van der Waals surface area (Å²) in [6.45, 7) is 1.98. The lowest BCUT2D eigenvalue weighted by atomic mass is 10.2. The summed E-state index contributed by atoms with van der Waals surface area (Å²) in [6.07, 6.45) is 0. The van der Waals surface area contributed by atoms with Crippen LogP contribution in [0.25, 0.3) is 0 Å². The zero-order chi connectivity index (χ0) is 18.0. The monoisotopic (exact) mass is 366 g/mol. The van der Waals surface area contributed by atoms with Crippen LogP contribution in [-0.4, -0.2) is 27.5 Å². The Kier molecular flexibility index (Phi) is 4.49. The molecule has 9 heteroatoms. The van der Waals surface area contributed by atoms with Crippen LogP contribution in [0.15, 0.2) is 41.3 Å². The number of amides is 1. The van der Waals surface area contributed by atoms with E-state index in [-0.39, 0.29) is 16.3 Å². The largest absolute Gasteiger partial charge is 0.486 e. The molecule has 2 aromatic rings. The summed E-state index contributed by atoms with van der Waals surface area (Å²) < 4.78 is 51.7. The third kappa shape index (κ3) is 3.82. The van der Waals surface area contributed by atoms with E-state index in [4.69, 9.17) is 9.47 Å². The molecule has 0 radical (unpaired) electrons. The number of halogens is 1. The van der Waals surface area contributed by atoms with Crippen LogP contribution in [0.3, 0.4) is 0 Å². The molecule has 0 saturated heterocycles. The normalized spacial score (nSPS) is 13.2. The van der Waals surface area contributed by atoms with E-state index in [1.807, 2.05) is 0 Å². The molecule has 0 atom stereocenters. The van der Waals surface area contributed by atoms with Gasteiger partial charge in [0.25, 0.3) is 10.0 Å². The third-order valence-corrected chi connectivity index (χ3v) is 4.72. The molecule has 25 heavy (non-hydrogen) atoms. The number of hydrogen-bond acceptors (Lipinski definition) is 5. The van der Waals surface area contributed by atoms with Crippen LogP contribution in [-0.2, 0) is 14.8 Å². The van der Waals surface area contributed by atoms with Gasteiger partial charge in [-0.15, -0.1) is 0 Å². The number of sulfonamides is 1. The SMILES string of the molecule is CC(=O)Nc1ccc(F)cc1NS(=O)(=O)c1ccc2c(c1)OCCO2. The van der Waals surface area contributed by atoms with Crippen molar-refractivity contribution in [2.24, 2.45) is 0 Å². The molecule has 1 heterocycles. The predicted octanol–water partition coefficient (Wildman–Crippen LogP) is 2.36. The molecule has 3 rings (SSSR count). The fraction of sp³-hybridized carbons (Fsp3) is 0.188. The molecule has 0 spiro atoms. The summed E-state index contributed by atoms with van der Waals surface area (Å²) in [6, 6.07) is 7.55. The Balaban J connectivity index is 1.94. The van der Waals surface area contributed by atoms with Crippen LogP contribution in [0.1, 0.15) is 6.92 Å². The molecule has 1 aliphatic heterocycles. The van der Waals surface area contributed by atoms with E-state index in [0.717, 1.165) is 12.1 Å². The maximum atomic E-state index is 13.5. The summed E-state index contributed by atoms with van der Waals surface area (Å²) in [7, 11) is -4.03. The lowest BCUT2D eigenvalue weighted by molar-refractivity contribution is -0.114. The maximum absolute atomic E-state index is 13.5. The van der Waals surface area contributed by atoms with Crippen LogP contribution < -0.4 is 19.5 Å². The van der Waals surface area contributed by atoms with E-state index >= 15 is 0 Å². The highest BCUT2D eigenvalue weighted by Crippen LogP contribution is 2.33. The van der Waals surface area contributed by atoms with E-state index in [9.17, 15) is 17.6 Å². The van der Waals surface area contributed by atoms with Crippen LogP contribution in [0, 0.1) is 5.82 Å². The van der Waals surface area contributed by atoms with Gasteiger partial charge in [0.1, 0.15) is 19.0 Å². The van der Waals surface area contributed by atoms with Gasteiger partial charge in [0.15, 0.2) is 11.5 Å². The summed E-state index contributed by atoms with van der Waals surface area (Å²) in [5.41, 5.74) is 0.0695. The Labute approximate surface area is 143 Å². The van der Waals surface area contributed by atoms with Crippen molar-refractivity contribution >= 4 is 27.3 Å². The first-order chi connectivity index (χ1) is 11.8. The number of anilines is 2. The Bertz CT molecular complexity index is 930. The maximum Gasteiger partial charge on any atom is 0.262 e. The first-order valence-corrected chi connectivity index (χ1v) is 8.83. The van der Waals surface area contributed by atoms with E-state index < -0.39 is 21.7 Å². The van der Waals surface area contributed by atoms with Crippen molar-refractivity contribution in [3.63, 3.8) is 0 Å². The second-order valence-corrected chi connectivity index (χ2v) is 6.96. The summed E-state index contributed by atoms with van der Waals surface area (Å²) in [4.78, 5) is 11.2. The van der Waals surface area contributed by atoms with E-state index in [1.165, 1.54) is 31.2 Å². The molecule has 0 aromatic heterocycles. The minimum absolute atomic E-state index is 0.0743. The molecule has 0 fully saturated rings. The molecular weight excluding hydrogens is 351 g/mol. The van der Waals surface area contributed by atoms with Crippen molar-refractivity contribution in [3.8, 4) is 11.5 Å². The summed E-state index contributed by atoms with van der Waals surface area (Å²) in [5, 5.41) is 2.45. The number of rotatable bonds is 4. The van der Waals surface area contributed by atoms with E-state index in [0.29, 0.717) is 24.7 Å². The van der Waals surface area contributed by atoms with Crippen LogP contribution >= 0.6 is 0 Å². The highest BCUT2D eigenvalue weighted by Gasteiger charge is 2.21. The Morgan fingerprint density at radius 3 is 2.48 bits per heavy atom. The van der Waals surface area contributed by atoms with Crippen molar-refractivity contribution in [1.29, 1.82) is 0 Å². The number of carbonyl (C=O) groups excluding carboxylic acids is 1. The lowest BCUT2D eigenvalue weighted by Gasteiger charge is -2.19. The van der Waals surface area contributed by atoms with Crippen LogP contribution in [0.4, 0.5) is 15.8 Å². The fourth-order valence-corrected chi connectivity index (χ4v) is 3.38. The first-order valence-electron chi connectivity index (χ1n) is 7.35. The summed E-state index contributed by atoms with van der Waals surface area (Å²) in [5.74, 6) is -0.286. The van der Waals surface area contributed by atoms with Gasteiger partial charge in [-0.2, -0.15) is 0 Å². The van der Waals surface area contributed by atoms with Crippen LogP contribution in [0.5, 0.6) is 11.5 Å². The standard InChI is InChI=1S/C16H15FN2O5S/c1-10(20)18-13-4-2-11(17)8-14(13)19-25(21,22)12-3-5-15-16(9-12)24-7-6-23-15/h2-5,8-9,19H,6-7H2,1H3,(H,18,20). The zero-order valence-electron chi connectivity index (χ0n) is 13.2. The molecule has 0 bridgehead atoms. The highest BCUT2D eigenvalue weighted by molar-refractivity contribution is 7.92. The van der Waals surface area contributed by atoms with Gasteiger partial charge in [-0.25, -0.2) is 12.8 Å². The average Bonchev–Trinajstić information content (AvgIpc) is 2.56. The number of fused-ring (bicyclic) bond motifs is 1.